The van der Waals surface area contributed by atoms with Gasteiger partial charge in [0.15, 0.2) is 11.0 Å². The van der Waals surface area contributed by atoms with Gasteiger partial charge in [-0.05, 0) is 37.3 Å². The molecule has 0 radical (unpaired) electrons. The van der Waals surface area contributed by atoms with E-state index >= 15 is 0 Å². The normalized spacial score (nSPS) is 17.1. The number of thioether (sulfide) groups is 1. The zero-order valence-electron chi connectivity index (χ0n) is 16.1. The van der Waals surface area contributed by atoms with Crippen molar-refractivity contribution >= 4 is 40.2 Å². The van der Waals surface area contributed by atoms with E-state index in [1.54, 1.807) is 31.4 Å². The third-order valence-corrected chi connectivity index (χ3v) is 5.43. The van der Waals surface area contributed by atoms with E-state index in [4.69, 9.17) is 4.74 Å². The van der Waals surface area contributed by atoms with E-state index in [0.717, 1.165) is 11.3 Å². The van der Waals surface area contributed by atoms with Crippen LogP contribution in [0.1, 0.15) is 29.3 Å². The summed E-state index contributed by atoms with van der Waals surface area (Å²) >= 11 is 1.24. The molecule has 1 aliphatic heterocycles. The van der Waals surface area contributed by atoms with Gasteiger partial charge in [0, 0.05) is 23.2 Å². The van der Waals surface area contributed by atoms with Crippen LogP contribution in [0, 0.1) is 0 Å². The van der Waals surface area contributed by atoms with Crippen LogP contribution in [0.3, 0.4) is 0 Å². The van der Waals surface area contributed by atoms with Gasteiger partial charge in [0.1, 0.15) is 11.0 Å². The highest BCUT2D eigenvalue weighted by Gasteiger charge is 2.32. The summed E-state index contributed by atoms with van der Waals surface area (Å²) in [4.78, 5) is 40.2. The number of nitrogens with zero attached hydrogens (tertiary/aromatic N) is 1. The molecule has 0 unspecified atom stereocenters. The molecule has 1 saturated heterocycles. The Morgan fingerprint density at radius 3 is 2.59 bits per heavy atom. The summed E-state index contributed by atoms with van der Waals surface area (Å²) < 4.78 is 5.30. The van der Waals surface area contributed by atoms with Crippen LogP contribution in [-0.2, 0) is 16.1 Å². The maximum atomic E-state index is 12.3. The molecule has 0 spiro atoms. The Balaban J connectivity index is 1.56. The van der Waals surface area contributed by atoms with Crippen molar-refractivity contribution in [2.75, 3.05) is 12.4 Å². The second-order valence-electron chi connectivity index (χ2n) is 6.41. The second kappa shape index (κ2) is 9.38. The number of hydrogen-bond acceptors (Lipinski definition) is 6. The molecule has 2 aromatic rings. The first-order valence-electron chi connectivity index (χ1n) is 9.01. The van der Waals surface area contributed by atoms with Crippen molar-refractivity contribution in [3.63, 3.8) is 0 Å². The van der Waals surface area contributed by atoms with Crippen molar-refractivity contribution in [3.05, 3.63) is 59.7 Å². The number of ketones is 1. The molecule has 7 nitrogen and oxygen atoms in total. The summed E-state index contributed by atoms with van der Waals surface area (Å²) in [5.74, 6) is 0.176. The lowest BCUT2D eigenvalue weighted by molar-refractivity contribution is -0.122. The Morgan fingerprint density at radius 1 is 1.17 bits per heavy atom. The minimum atomic E-state index is -0.539. The fraction of sp³-hybridized carbons (Fsp3) is 0.238. The third kappa shape index (κ3) is 5.45. The third-order valence-electron chi connectivity index (χ3n) is 4.31. The highest BCUT2D eigenvalue weighted by atomic mass is 32.2. The number of carbonyl (C=O) groups excluding carboxylic acids is 3. The lowest BCUT2D eigenvalue weighted by Crippen LogP contribution is -2.28. The van der Waals surface area contributed by atoms with Gasteiger partial charge in [-0.1, -0.05) is 30.0 Å². The van der Waals surface area contributed by atoms with E-state index in [2.05, 4.69) is 15.6 Å². The van der Waals surface area contributed by atoms with E-state index < -0.39 is 5.25 Å². The van der Waals surface area contributed by atoms with Gasteiger partial charge in [-0.15, -0.1) is 0 Å². The number of methoxy groups -OCH3 is 1. The molecule has 0 bridgehead atoms. The molecular weight excluding hydrogens is 390 g/mol. The number of hydrogen-bond donors (Lipinski definition) is 2. The Labute approximate surface area is 172 Å². The van der Waals surface area contributed by atoms with Crippen LogP contribution < -0.4 is 15.4 Å². The average Bonchev–Trinajstić information content (AvgIpc) is 3.06. The first-order valence-corrected chi connectivity index (χ1v) is 9.89. The molecular formula is C21H21N3O4S. The maximum Gasteiger partial charge on any atom is 0.240 e. The summed E-state index contributed by atoms with van der Waals surface area (Å²) in [6, 6.07) is 14.2. The quantitative estimate of drug-likeness (QED) is 0.683. The minimum absolute atomic E-state index is 0.0264. The van der Waals surface area contributed by atoms with Gasteiger partial charge in [0.05, 0.1) is 13.7 Å². The zero-order chi connectivity index (χ0) is 20.8. The van der Waals surface area contributed by atoms with Gasteiger partial charge >= 0.3 is 0 Å². The van der Waals surface area contributed by atoms with Crippen LogP contribution in [0.15, 0.2) is 53.5 Å². The van der Waals surface area contributed by atoms with Crippen molar-refractivity contribution in [2.45, 2.75) is 25.1 Å². The van der Waals surface area contributed by atoms with Gasteiger partial charge in [-0.3, -0.25) is 19.4 Å². The van der Waals surface area contributed by atoms with Crippen LogP contribution in [0.2, 0.25) is 0 Å². The summed E-state index contributed by atoms with van der Waals surface area (Å²) in [6.07, 6.45) is 0.0264. The largest absolute Gasteiger partial charge is 0.496 e. The van der Waals surface area contributed by atoms with E-state index in [1.807, 2.05) is 24.3 Å². The number of carbonyl (C=O) groups is 3. The van der Waals surface area contributed by atoms with Crippen LogP contribution >= 0.6 is 11.8 Å². The number of benzene rings is 2. The number of aliphatic imine (C=N–C) groups is 1. The molecule has 3 rings (SSSR count). The predicted molar refractivity (Wildman–Crippen MR) is 113 cm³/mol. The monoisotopic (exact) mass is 411 g/mol. The van der Waals surface area contributed by atoms with Crippen LogP contribution in [0.5, 0.6) is 5.75 Å². The van der Waals surface area contributed by atoms with Crippen molar-refractivity contribution in [1.82, 2.24) is 5.32 Å². The SMILES string of the molecule is COc1ccccc1CN=C1NC(=O)[C@H](CC(=O)Nc2ccc(C(C)=O)cc2)S1. The molecule has 1 atom stereocenters. The summed E-state index contributed by atoms with van der Waals surface area (Å²) in [5.41, 5.74) is 2.06. The number of Topliss-reactive ketones (excluding diaryl/α,β-unsaturated/α-hetero) is 1. The number of amides is 2. The van der Waals surface area contributed by atoms with Crippen LogP contribution in [0.4, 0.5) is 5.69 Å². The second-order valence-corrected chi connectivity index (χ2v) is 7.61. The first-order chi connectivity index (χ1) is 14.0. The Bertz CT molecular complexity index is 957. The van der Waals surface area contributed by atoms with E-state index in [-0.39, 0.29) is 24.0 Å². The zero-order valence-corrected chi connectivity index (χ0v) is 16.9. The smallest absolute Gasteiger partial charge is 0.240 e. The number of ether oxygens (including phenoxy) is 1. The highest BCUT2D eigenvalue weighted by molar-refractivity contribution is 8.15. The summed E-state index contributed by atoms with van der Waals surface area (Å²) in [5, 5.41) is 5.41. The van der Waals surface area contributed by atoms with Crippen molar-refractivity contribution in [2.24, 2.45) is 4.99 Å². The number of rotatable bonds is 7. The fourth-order valence-electron chi connectivity index (χ4n) is 2.77. The van der Waals surface area contributed by atoms with Crippen LogP contribution in [-0.4, -0.2) is 35.1 Å². The Morgan fingerprint density at radius 2 is 1.90 bits per heavy atom. The molecule has 1 heterocycles. The van der Waals surface area contributed by atoms with Crippen LogP contribution in [0.25, 0.3) is 0 Å². The van der Waals surface area contributed by atoms with Crippen molar-refractivity contribution < 1.29 is 19.1 Å². The molecule has 1 aliphatic rings. The predicted octanol–water partition coefficient (Wildman–Crippen LogP) is 3.01. The topological polar surface area (TPSA) is 96.9 Å². The van der Waals surface area contributed by atoms with E-state index in [0.29, 0.717) is 23.0 Å². The number of para-hydroxylation sites is 1. The van der Waals surface area contributed by atoms with Crippen molar-refractivity contribution in [3.8, 4) is 5.75 Å². The van der Waals surface area contributed by atoms with Gasteiger partial charge < -0.3 is 15.4 Å². The lowest BCUT2D eigenvalue weighted by atomic mass is 10.1. The van der Waals surface area contributed by atoms with Crippen molar-refractivity contribution in [1.29, 1.82) is 0 Å². The van der Waals surface area contributed by atoms with Gasteiger partial charge in [-0.2, -0.15) is 0 Å². The van der Waals surface area contributed by atoms with E-state index in [9.17, 15) is 14.4 Å². The molecule has 0 saturated carbocycles. The highest BCUT2D eigenvalue weighted by Crippen LogP contribution is 2.25. The number of anilines is 1. The molecule has 1 fully saturated rings. The molecule has 150 valence electrons. The fourth-order valence-corrected chi connectivity index (χ4v) is 3.74. The summed E-state index contributed by atoms with van der Waals surface area (Å²) in [7, 11) is 1.60. The number of nitrogens with one attached hydrogen (secondary N) is 2. The molecule has 2 N–H and O–H groups in total. The molecule has 0 aromatic heterocycles. The Hall–Kier alpha value is -3.13. The van der Waals surface area contributed by atoms with E-state index in [1.165, 1.54) is 18.7 Å². The maximum absolute atomic E-state index is 12.3. The number of amidine groups is 1. The van der Waals surface area contributed by atoms with Gasteiger partial charge in [0.2, 0.25) is 11.8 Å². The molecule has 8 heteroatoms. The van der Waals surface area contributed by atoms with Gasteiger partial charge in [-0.25, -0.2) is 0 Å². The Kier molecular flexibility index (Phi) is 6.66. The average molecular weight is 411 g/mol. The molecule has 0 aliphatic carbocycles. The summed E-state index contributed by atoms with van der Waals surface area (Å²) in [6.45, 7) is 1.85. The standard InChI is InChI=1S/C21H21N3O4S/c1-13(25)14-7-9-16(10-8-14)23-19(26)11-18-20(27)24-21(29-18)22-12-15-5-3-4-6-17(15)28-2/h3-10,18H,11-12H2,1-2H3,(H,23,26)(H,22,24,27)/t18-/m0/s1. The minimum Gasteiger partial charge on any atom is -0.496 e. The molecule has 2 aromatic carbocycles. The lowest BCUT2D eigenvalue weighted by Gasteiger charge is -2.08. The molecule has 2 amide bonds. The van der Waals surface area contributed by atoms with Gasteiger partial charge in [0.25, 0.3) is 0 Å². The molecule has 29 heavy (non-hydrogen) atoms. The first kappa shape index (κ1) is 20.6.